The summed E-state index contributed by atoms with van der Waals surface area (Å²) >= 11 is 6.24. The Bertz CT molecular complexity index is 464. The molecular weight excluding hydrogens is 385 g/mol. The summed E-state index contributed by atoms with van der Waals surface area (Å²) in [6.45, 7) is 11.0. The molecule has 0 amide bonds. The molecule has 3 nitrogen and oxygen atoms in total. The van der Waals surface area contributed by atoms with Gasteiger partial charge in [0.05, 0.1) is 6.54 Å². The van der Waals surface area contributed by atoms with Crippen molar-refractivity contribution in [3.8, 4) is 0 Å². The standard InChI is InChI=1S/C15H24ClN3.HI/c1-14(2,3)19-13(17)18-10-15(4,5)11-8-6-7-9-12(11)16;/h6-9H,10H2,1-5H3,(H3,17,18,19);1H. The van der Waals surface area contributed by atoms with Gasteiger partial charge in [0.1, 0.15) is 0 Å². The fourth-order valence-corrected chi connectivity index (χ4v) is 2.19. The molecule has 0 heterocycles. The molecule has 0 aliphatic heterocycles. The van der Waals surface area contributed by atoms with Crippen LogP contribution in [0, 0.1) is 0 Å². The number of halogens is 2. The zero-order chi connectivity index (χ0) is 14.7. The van der Waals surface area contributed by atoms with Crippen LogP contribution in [0.2, 0.25) is 5.02 Å². The number of aliphatic imine (C=N–C) groups is 1. The molecule has 1 rings (SSSR count). The third-order valence-corrected chi connectivity index (χ3v) is 3.08. The molecule has 5 heteroatoms. The SMILES string of the molecule is CC(C)(C)NC(N)=NCC(C)(C)c1ccccc1Cl.I. The van der Waals surface area contributed by atoms with Crippen molar-refractivity contribution in [1.29, 1.82) is 0 Å². The Balaban J connectivity index is 0.00000361. The highest BCUT2D eigenvalue weighted by molar-refractivity contribution is 14.0. The van der Waals surface area contributed by atoms with Gasteiger partial charge in [-0.25, -0.2) is 0 Å². The summed E-state index contributed by atoms with van der Waals surface area (Å²) < 4.78 is 0. The molecule has 0 aromatic heterocycles. The van der Waals surface area contributed by atoms with E-state index in [0.29, 0.717) is 12.5 Å². The minimum Gasteiger partial charge on any atom is -0.370 e. The van der Waals surface area contributed by atoms with Gasteiger partial charge in [-0.05, 0) is 32.4 Å². The van der Waals surface area contributed by atoms with Crippen LogP contribution in [-0.2, 0) is 5.41 Å². The number of benzene rings is 1. The maximum Gasteiger partial charge on any atom is 0.189 e. The van der Waals surface area contributed by atoms with E-state index in [1.54, 1.807) is 0 Å². The van der Waals surface area contributed by atoms with Crippen molar-refractivity contribution in [3.05, 3.63) is 34.9 Å². The Kier molecular flexibility index (Phi) is 7.32. The molecule has 3 N–H and O–H groups in total. The van der Waals surface area contributed by atoms with Gasteiger partial charge < -0.3 is 11.1 Å². The summed E-state index contributed by atoms with van der Waals surface area (Å²) in [4.78, 5) is 4.42. The monoisotopic (exact) mass is 409 g/mol. The van der Waals surface area contributed by atoms with Crippen molar-refractivity contribution in [3.63, 3.8) is 0 Å². The topological polar surface area (TPSA) is 50.4 Å². The van der Waals surface area contributed by atoms with Crippen LogP contribution in [0.1, 0.15) is 40.2 Å². The summed E-state index contributed by atoms with van der Waals surface area (Å²) in [6.07, 6.45) is 0. The molecule has 0 saturated heterocycles. The van der Waals surface area contributed by atoms with E-state index < -0.39 is 0 Å². The van der Waals surface area contributed by atoms with Crippen LogP contribution in [0.3, 0.4) is 0 Å². The number of guanidine groups is 1. The van der Waals surface area contributed by atoms with E-state index in [0.717, 1.165) is 10.6 Å². The predicted octanol–water partition coefficient (Wildman–Crippen LogP) is 3.94. The van der Waals surface area contributed by atoms with Gasteiger partial charge in [-0.3, -0.25) is 4.99 Å². The van der Waals surface area contributed by atoms with Gasteiger partial charge in [0, 0.05) is 16.0 Å². The maximum atomic E-state index is 6.24. The maximum absolute atomic E-state index is 6.24. The highest BCUT2D eigenvalue weighted by Gasteiger charge is 2.23. The minimum atomic E-state index is -0.150. The average Bonchev–Trinajstić information content (AvgIpc) is 2.24. The van der Waals surface area contributed by atoms with E-state index in [2.05, 4.69) is 44.9 Å². The van der Waals surface area contributed by atoms with Crippen molar-refractivity contribution in [2.75, 3.05) is 6.54 Å². The molecule has 0 aliphatic rings. The van der Waals surface area contributed by atoms with E-state index in [4.69, 9.17) is 17.3 Å². The number of nitrogens with two attached hydrogens (primary N) is 1. The van der Waals surface area contributed by atoms with E-state index in [1.807, 2.05) is 24.3 Å². The second-order valence-electron chi connectivity index (χ2n) is 6.44. The Labute approximate surface area is 144 Å². The van der Waals surface area contributed by atoms with Gasteiger partial charge >= 0.3 is 0 Å². The van der Waals surface area contributed by atoms with Crippen LogP contribution in [0.25, 0.3) is 0 Å². The normalized spacial score (nSPS) is 12.8. The lowest BCUT2D eigenvalue weighted by molar-refractivity contribution is 0.500. The Morgan fingerprint density at radius 1 is 1.20 bits per heavy atom. The van der Waals surface area contributed by atoms with Gasteiger partial charge in [-0.1, -0.05) is 43.6 Å². The first-order valence-corrected chi connectivity index (χ1v) is 6.83. The molecule has 0 atom stereocenters. The van der Waals surface area contributed by atoms with E-state index in [1.165, 1.54) is 0 Å². The smallest absolute Gasteiger partial charge is 0.189 e. The minimum absolute atomic E-state index is 0. The number of hydrogen-bond acceptors (Lipinski definition) is 1. The largest absolute Gasteiger partial charge is 0.370 e. The summed E-state index contributed by atoms with van der Waals surface area (Å²) in [5, 5.41) is 3.92. The second-order valence-corrected chi connectivity index (χ2v) is 6.85. The number of nitrogens with zero attached hydrogens (tertiary/aromatic N) is 1. The highest BCUT2D eigenvalue weighted by atomic mass is 127. The van der Waals surface area contributed by atoms with Gasteiger partial charge in [0.25, 0.3) is 0 Å². The fourth-order valence-electron chi connectivity index (χ4n) is 1.80. The van der Waals surface area contributed by atoms with Gasteiger partial charge in [0.2, 0.25) is 0 Å². The quantitative estimate of drug-likeness (QED) is 0.451. The molecule has 0 radical (unpaired) electrons. The first kappa shape index (κ1) is 19.5. The van der Waals surface area contributed by atoms with Gasteiger partial charge in [-0.15, -0.1) is 24.0 Å². The van der Waals surface area contributed by atoms with Crippen LogP contribution in [0.4, 0.5) is 0 Å². The number of nitrogens with one attached hydrogen (secondary N) is 1. The fraction of sp³-hybridized carbons (Fsp3) is 0.533. The highest BCUT2D eigenvalue weighted by Crippen LogP contribution is 2.29. The van der Waals surface area contributed by atoms with Gasteiger partial charge in [0.15, 0.2) is 5.96 Å². The lowest BCUT2D eigenvalue weighted by Crippen LogP contribution is -2.45. The third kappa shape index (κ3) is 6.31. The van der Waals surface area contributed by atoms with Crippen LogP contribution in [0.5, 0.6) is 0 Å². The van der Waals surface area contributed by atoms with Crippen molar-refractivity contribution in [2.24, 2.45) is 10.7 Å². The second kappa shape index (κ2) is 7.50. The molecule has 0 bridgehead atoms. The Morgan fingerprint density at radius 2 is 1.75 bits per heavy atom. The Hall–Kier alpha value is -0.490. The zero-order valence-electron chi connectivity index (χ0n) is 12.8. The molecule has 1 aromatic rings. The molecule has 114 valence electrons. The summed E-state index contributed by atoms with van der Waals surface area (Å²) in [7, 11) is 0. The predicted molar refractivity (Wildman–Crippen MR) is 99.3 cm³/mol. The molecule has 0 spiro atoms. The van der Waals surface area contributed by atoms with E-state index in [-0.39, 0.29) is 34.9 Å². The molecule has 0 fully saturated rings. The number of rotatable bonds is 3. The van der Waals surface area contributed by atoms with E-state index >= 15 is 0 Å². The zero-order valence-corrected chi connectivity index (χ0v) is 15.9. The average molecular weight is 410 g/mol. The lowest BCUT2D eigenvalue weighted by Gasteiger charge is -2.26. The lowest BCUT2D eigenvalue weighted by atomic mass is 9.85. The molecule has 20 heavy (non-hydrogen) atoms. The summed E-state index contributed by atoms with van der Waals surface area (Å²) in [6, 6.07) is 7.86. The molecule has 1 aromatic carbocycles. The molecule has 0 unspecified atom stereocenters. The van der Waals surface area contributed by atoms with Crippen molar-refractivity contribution < 1.29 is 0 Å². The summed E-state index contributed by atoms with van der Waals surface area (Å²) in [5.41, 5.74) is 6.74. The summed E-state index contributed by atoms with van der Waals surface area (Å²) in [5.74, 6) is 0.465. The van der Waals surface area contributed by atoms with Gasteiger partial charge in [-0.2, -0.15) is 0 Å². The molecular formula is C15H25ClIN3. The van der Waals surface area contributed by atoms with Crippen LogP contribution in [-0.4, -0.2) is 18.0 Å². The Morgan fingerprint density at radius 3 is 2.25 bits per heavy atom. The van der Waals surface area contributed by atoms with E-state index in [9.17, 15) is 0 Å². The number of hydrogen-bond donors (Lipinski definition) is 2. The van der Waals surface area contributed by atoms with Crippen molar-refractivity contribution in [1.82, 2.24) is 5.32 Å². The van der Waals surface area contributed by atoms with Crippen molar-refractivity contribution >= 4 is 41.5 Å². The molecule has 0 saturated carbocycles. The molecule has 0 aliphatic carbocycles. The van der Waals surface area contributed by atoms with Crippen LogP contribution >= 0.6 is 35.6 Å². The third-order valence-electron chi connectivity index (χ3n) is 2.75. The van der Waals surface area contributed by atoms with Crippen LogP contribution < -0.4 is 11.1 Å². The van der Waals surface area contributed by atoms with Crippen LogP contribution in [0.15, 0.2) is 29.3 Å². The first-order valence-electron chi connectivity index (χ1n) is 6.45. The first-order chi connectivity index (χ1) is 8.62. The van der Waals surface area contributed by atoms with Crippen molar-refractivity contribution in [2.45, 2.75) is 45.6 Å².